The number of rotatable bonds is 5. The van der Waals surface area contributed by atoms with E-state index in [1.807, 2.05) is 13.1 Å². The molecule has 1 fully saturated rings. The highest BCUT2D eigenvalue weighted by Gasteiger charge is 2.27. The van der Waals surface area contributed by atoms with Gasteiger partial charge in [-0.3, -0.25) is 4.90 Å². The zero-order valence-electron chi connectivity index (χ0n) is 17.7. The second kappa shape index (κ2) is 8.28. The predicted octanol–water partition coefficient (Wildman–Crippen LogP) is 2.28. The van der Waals surface area contributed by atoms with E-state index in [0.717, 1.165) is 79.2 Å². The lowest BCUT2D eigenvalue weighted by Crippen LogP contribution is -2.32. The quantitative estimate of drug-likeness (QED) is 0.776. The second-order valence-corrected chi connectivity index (χ2v) is 8.02. The average Bonchev–Trinajstić information content (AvgIpc) is 3.32. The molecule has 2 N–H and O–H groups in total. The maximum absolute atomic E-state index is 5.78. The molecule has 3 aliphatic heterocycles. The molecule has 2 aromatic rings. The SMILES string of the molecule is CNc1nc([C@@H]2CCCN2)nc2c1CCN(Cc1cc3c(cc1OC)OCCO3)C2. The number of methoxy groups -OCH3 is 1. The van der Waals surface area contributed by atoms with Crippen LogP contribution in [0.4, 0.5) is 5.82 Å². The largest absolute Gasteiger partial charge is 0.496 e. The first kappa shape index (κ1) is 19.4. The predicted molar refractivity (Wildman–Crippen MR) is 113 cm³/mol. The van der Waals surface area contributed by atoms with Crippen LogP contribution in [0.3, 0.4) is 0 Å². The van der Waals surface area contributed by atoms with Crippen LogP contribution in [0, 0.1) is 0 Å². The molecule has 1 aromatic heterocycles. The maximum Gasteiger partial charge on any atom is 0.165 e. The van der Waals surface area contributed by atoms with Gasteiger partial charge in [0, 0.05) is 43.9 Å². The van der Waals surface area contributed by atoms with Crippen molar-refractivity contribution >= 4 is 5.82 Å². The normalized spacial score (nSPS) is 20.7. The van der Waals surface area contributed by atoms with Gasteiger partial charge in [-0.25, -0.2) is 9.97 Å². The third-order valence-corrected chi connectivity index (χ3v) is 6.11. The molecule has 4 heterocycles. The Morgan fingerprint density at radius 2 is 2.07 bits per heavy atom. The molecule has 0 bridgehead atoms. The summed E-state index contributed by atoms with van der Waals surface area (Å²) in [6.45, 7) is 4.71. The van der Waals surface area contributed by atoms with Crippen molar-refractivity contribution in [2.24, 2.45) is 0 Å². The number of anilines is 1. The molecule has 1 atom stereocenters. The molecule has 3 aliphatic rings. The smallest absolute Gasteiger partial charge is 0.165 e. The molecule has 30 heavy (non-hydrogen) atoms. The zero-order chi connectivity index (χ0) is 20.5. The molecular weight excluding hydrogens is 382 g/mol. The van der Waals surface area contributed by atoms with Crippen molar-refractivity contribution in [3.05, 3.63) is 34.8 Å². The molecule has 160 valence electrons. The van der Waals surface area contributed by atoms with Crippen LogP contribution in [0.15, 0.2) is 12.1 Å². The fourth-order valence-electron chi connectivity index (χ4n) is 4.57. The van der Waals surface area contributed by atoms with Gasteiger partial charge in [0.05, 0.1) is 18.8 Å². The van der Waals surface area contributed by atoms with Crippen LogP contribution >= 0.6 is 0 Å². The first-order chi connectivity index (χ1) is 14.7. The summed E-state index contributed by atoms with van der Waals surface area (Å²) < 4.78 is 17.1. The van der Waals surface area contributed by atoms with Crippen LogP contribution < -0.4 is 24.8 Å². The number of nitrogens with zero attached hydrogens (tertiary/aromatic N) is 3. The van der Waals surface area contributed by atoms with Gasteiger partial charge in [-0.15, -0.1) is 0 Å². The van der Waals surface area contributed by atoms with Crippen molar-refractivity contribution < 1.29 is 14.2 Å². The van der Waals surface area contributed by atoms with Crippen LogP contribution in [0.1, 0.15) is 41.5 Å². The summed E-state index contributed by atoms with van der Waals surface area (Å²) in [5, 5.41) is 6.81. The molecule has 1 saturated heterocycles. The van der Waals surface area contributed by atoms with Crippen LogP contribution in [-0.2, 0) is 19.5 Å². The van der Waals surface area contributed by atoms with Crippen LogP contribution in [0.5, 0.6) is 17.2 Å². The fourth-order valence-corrected chi connectivity index (χ4v) is 4.57. The maximum atomic E-state index is 5.78. The van der Waals surface area contributed by atoms with E-state index in [9.17, 15) is 0 Å². The number of benzene rings is 1. The molecule has 8 heteroatoms. The van der Waals surface area contributed by atoms with Crippen molar-refractivity contribution in [3.63, 3.8) is 0 Å². The van der Waals surface area contributed by atoms with Crippen LogP contribution in [0.2, 0.25) is 0 Å². The van der Waals surface area contributed by atoms with Gasteiger partial charge in [0.2, 0.25) is 0 Å². The summed E-state index contributed by atoms with van der Waals surface area (Å²) in [6, 6.07) is 4.25. The number of hydrogen-bond donors (Lipinski definition) is 2. The number of ether oxygens (including phenoxy) is 3. The van der Waals surface area contributed by atoms with Crippen molar-refractivity contribution in [1.29, 1.82) is 0 Å². The van der Waals surface area contributed by atoms with E-state index >= 15 is 0 Å². The molecule has 0 radical (unpaired) electrons. The topological polar surface area (TPSA) is 80.8 Å². The lowest BCUT2D eigenvalue weighted by Gasteiger charge is -2.30. The Morgan fingerprint density at radius 3 is 2.80 bits per heavy atom. The summed E-state index contributed by atoms with van der Waals surface area (Å²) in [4.78, 5) is 12.2. The molecule has 8 nitrogen and oxygen atoms in total. The molecule has 0 unspecified atom stereocenters. The van der Waals surface area contributed by atoms with E-state index in [-0.39, 0.29) is 6.04 Å². The van der Waals surface area contributed by atoms with E-state index < -0.39 is 0 Å². The van der Waals surface area contributed by atoms with Gasteiger partial charge in [0.1, 0.15) is 30.6 Å². The van der Waals surface area contributed by atoms with E-state index in [1.54, 1.807) is 7.11 Å². The Balaban J connectivity index is 1.40. The number of hydrogen-bond acceptors (Lipinski definition) is 8. The highest BCUT2D eigenvalue weighted by Crippen LogP contribution is 2.38. The lowest BCUT2D eigenvalue weighted by molar-refractivity contribution is 0.169. The van der Waals surface area contributed by atoms with Crippen molar-refractivity contribution in [2.75, 3.05) is 45.8 Å². The third-order valence-electron chi connectivity index (χ3n) is 6.11. The summed E-state index contributed by atoms with van der Waals surface area (Å²) in [6.07, 6.45) is 3.20. The minimum atomic E-state index is 0.260. The standard InChI is InChI=1S/C22H29N5O3/c1-23-21-15-5-7-27(13-17(15)25-22(26-21)16-4-3-6-24-16)12-14-10-19-20(11-18(14)28-2)30-9-8-29-19/h10-11,16,24H,3-9,12-13H2,1-2H3,(H,23,25,26)/t16-/m0/s1. The minimum Gasteiger partial charge on any atom is -0.496 e. The number of nitrogens with one attached hydrogen (secondary N) is 2. The molecule has 1 aromatic carbocycles. The Bertz CT molecular complexity index is 929. The minimum absolute atomic E-state index is 0.260. The van der Waals surface area contributed by atoms with Crippen molar-refractivity contribution in [3.8, 4) is 17.2 Å². The van der Waals surface area contributed by atoms with Crippen LogP contribution in [-0.4, -0.2) is 55.3 Å². The van der Waals surface area contributed by atoms with Crippen molar-refractivity contribution in [2.45, 2.75) is 38.4 Å². The highest BCUT2D eigenvalue weighted by molar-refractivity contribution is 5.52. The second-order valence-electron chi connectivity index (χ2n) is 8.02. The Labute approximate surface area is 176 Å². The van der Waals surface area contributed by atoms with Gasteiger partial charge in [-0.2, -0.15) is 0 Å². The molecule has 5 rings (SSSR count). The summed E-state index contributed by atoms with van der Waals surface area (Å²) in [5.74, 6) is 4.27. The molecule has 0 spiro atoms. The Hall–Kier alpha value is -2.58. The van der Waals surface area contributed by atoms with Gasteiger partial charge in [0.25, 0.3) is 0 Å². The molecule has 0 amide bonds. The van der Waals surface area contributed by atoms with Gasteiger partial charge < -0.3 is 24.8 Å². The average molecular weight is 412 g/mol. The van der Waals surface area contributed by atoms with Crippen LogP contribution in [0.25, 0.3) is 0 Å². The Morgan fingerprint density at radius 1 is 1.23 bits per heavy atom. The monoisotopic (exact) mass is 411 g/mol. The van der Waals surface area contributed by atoms with E-state index in [1.165, 1.54) is 12.0 Å². The molecule has 0 saturated carbocycles. The van der Waals surface area contributed by atoms with Gasteiger partial charge in [-0.05, 0) is 31.9 Å². The zero-order valence-corrected chi connectivity index (χ0v) is 17.7. The first-order valence-corrected chi connectivity index (χ1v) is 10.7. The number of aromatic nitrogens is 2. The molecular formula is C22H29N5O3. The summed E-state index contributed by atoms with van der Waals surface area (Å²) >= 11 is 0. The van der Waals surface area contributed by atoms with E-state index in [0.29, 0.717) is 13.2 Å². The van der Waals surface area contributed by atoms with Gasteiger partial charge >= 0.3 is 0 Å². The molecule has 0 aliphatic carbocycles. The fraction of sp³-hybridized carbons (Fsp3) is 0.545. The first-order valence-electron chi connectivity index (χ1n) is 10.7. The number of fused-ring (bicyclic) bond motifs is 2. The van der Waals surface area contributed by atoms with Gasteiger partial charge in [-0.1, -0.05) is 0 Å². The summed E-state index contributed by atoms with van der Waals surface area (Å²) in [7, 11) is 3.65. The van der Waals surface area contributed by atoms with Crippen molar-refractivity contribution in [1.82, 2.24) is 20.2 Å². The summed E-state index contributed by atoms with van der Waals surface area (Å²) in [5.41, 5.74) is 3.47. The van der Waals surface area contributed by atoms with E-state index in [2.05, 4.69) is 21.6 Å². The van der Waals surface area contributed by atoms with E-state index in [4.69, 9.17) is 24.2 Å². The third kappa shape index (κ3) is 3.65. The Kier molecular flexibility index (Phi) is 5.35. The highest BCUT2D eigenvalue weighted by atomic mass is 16.6. The van der Waals surface area contributed by atoms with Gasteiger partial charge in [0.15, 0.2) is 11.5 Å². The lowest BCUT2D eigenvalue weighted by atomic mass is 10.0.